The van der Waals surface area contributed by atoms with Crippen LogP contribution in [-0.2, 0) is 11.0 Å². The number of para-hydroxylation sites is 1. The minimum atomic E-state index is -4.61. The van der Waals surface area contributed by atoms with Crippen LogP contribution in [-0.4, -0.2) is 15.5 Å². The van der Waals surface area contributed by atoms with Gasteiger partial charge in [0.05, 0.1) is 11.0 Å². The van der Waals surface area contributed by atoms with Gasteiger partial charge in [-0.25, -0.2) is 4.98 Å². The predicted octanol–water partition coefficient (Wildman–Crippen LogP) is 3.97. The SMILES string of the molecule is CC(=O)Oc1ccc2c(c1)nc(C(F)(F)F)n2-c1ccccc1. The molecule has 0 aliphatic carbocycles. The van der Waals surface area contributed by atoms with E-state index in [-0.39, 0.29) is 16.8 Å². The Kier molecular flexibility index (Phi) is 3.55. The van der Waals surface area contributed by atoms with Crippen LogP contribution < -0.4 is 4.74 Å². The summed E-state index contributed by atoms with van der Waals surface area (Å²) in [6.45, 7) is 1.22. The molecular weight excluding hydrogens is 309 g/mol. The van der Waals surface area contributed by atoms with Gasteiger partial charge in [0, 0.05) is 18.7 Å². The highest BCUT2D eigenvalue weighted by atomic mass is 19.4. The lowest BCUT2D eigenvalue weighted by atomic mass is 10.2. The lowest BCUT2D eigenvalue weighted by Crippen LogP contribution is -2.13. The number of ether oxygens (including phenoxy) is 1. The van der Waals surface area contributed by atoms with Crippen molar-refractivity contribution in [1.29, 1.82) is 0 Å². The van der Waals surface area contributed by atoms with Crippen molar-refractivity contribution in [3.8, 4) is 11.4 Å². The topological polar surface area (TPSA) is 44.1 Å². The van der Waals surface area contributed by atoms with Gasteiger partial charge in [-0.1, -0.05) is 18.2 Å². The summed E-state index contributed by atoms with van der Waals surface area (Å²) in [5.74, 6) is -1.43. The summed E-state index contributed by atoms with van der Waals surface area (Å²) < 4.78 is 45.9. The van der Waals surface area contributed by atoms with E-state index in [0.717, 1.165) is 4.57 Å². The number of halogens is 3. The summed E-state index contributed by atoms with van der Waals surface area (Å²) in [6, 6.07) is 12.3. The van der Waals surface area contributed by atoms with E-state index in [1.807, 2.05) is 0 Å². The fourth-order valence-electron chi connectivity index (χ4n) is 2.32. The van der Waals surface area contributed by atoms with Crippen LogP contribution >= 0.6 is 0 Å². The highest BCUT2D eigenvalue weighted by Gasteiger charge is 2.38. The highest BCUT2D eigenvalue weighted by molar-refractivity contribution is 5.81. The van der Waals surface area contributed by atoms with Gasteiger partial charge in [-0.15, -0.1) is 0 Å². The average molecular weight is 320 g/mol. The minimum Gasteiger partial charge on any atom is -0.427 e. The molecule has 3 aromatic rings. The van der Waals surface area contributed by atoms with E-state index in [1.165, 1.54) is 25.1 Å². The molecule has 7 heteroatoms. The number of aromatic nitrogens is 2. The maximum absolute atomic E-state index is 13.3. The Hall–Kier alpha value is -2.83. The third-order valence-electron chi connectivity index (χ3n) is 3.16. The van der Waals surface area contributed by atoms with Crippen molar-refractivity contribution < 1.29 is 22.7 Å². The van der Waals surface area contributed by atoms with Crippen molar-refractivity contribution >= 4 is 17.0 Å². The minimum absolute atomic E-state index is 0.0972. The zero-order valence-corrected chi connectivity index (χ0v) is 12.0. The van der Waals surface area contributed by atoms with E-state index in [9.17, 15) is 18.0 Å². The summed E-state index contributed by atoms with van der Waals surface area (Å²) in [5.41, 5.74) is 0.724. The zero-order valence-electron chi connectivity index (χ0n) is 12.0. The molecule has 2 aromatic carbocycles. The van der Waals surface area contributed by atoms with Crippen LogP contribution in [0.3, 0.4) is 0 Å². The first kappa shape index (κ1) is 15.1. The van der Waals surface area contributed by atoms with Gasteiger partial charge in [0.25, 0.3) is 0 Å². The molecular formula is C16H11F3N2O2. The maximum Gasteiger partial charge on any atom is 0.450 e. The molecule has 118 valence electrons. The molecule has 1 aromatic heterocycles. The molecule has 0 aliphatic heterocycles. The van der Waals surface area contributed by atoms with Crippen molar-refractivity contribution in [3.05, 3.63) is 54.4 Å². The number of esters is 1. The molecule has 0 bridgehead atoms. The van der Waals surface area contributed by atoms with Crippen LogP contribution in [0.2, 0.25) is 0 Å². The molecule has 0 radical (unpaired) electrons. The highest BCUT2D eigenvalue weighted by Crippen LogP contribution is 2.34. The first-order valence-electron chi connectivity index (χ1n) is 6.70. The third kappa shape index (κ3) is 2.90. The zero-order chi connectivity index (χ0) is 16.6. The summed E-state index contributed by atoms with van der Waals surface area (Å²) >= 11 is 0. The Balaban J connectivity index is 2.25. The normalized spacial score (nSPS) is 11.7. The Labute approximate surface area is 129 Å². The second kappa shape index (κ2) is 5.42. The molecule has 0 N–H and O–H groups in total. The predicted molar refractivity (Wildman–Crippen MR) is 77.4 cm³/mol. The van der Waals surface area contributed by atoms with E-state index in [4.69, 9.17) is 4.74 Å². The average Bonchev–Trinajstić information content (AvgIpc) is 2.86. The summed E-state index contributed by atoms with van der Waals surface area (Å²) in [5, 5.41) is 0. The quantitative estimate of drug-likeness (QED) is 0.530. The molecule has 0 atom stereocenters. The lowest BCUT2D eigenvalue weighted by Gasteiger charge is -2.11. The van der Waals surface area contributed by atoms with Gasteiger partial charge in [0.2, 0.25) is 5.82 Å². The molecule has 0 amide bonds. The first-order valence-corrected chi connectivity index (χ1v) is 6.70. The number of hydrogen-bond donors (Lipinski definition) is 0. The molecule has 0 saturated carbocycles. The van der Waals surface area contributed by atoms with Gasteiger partial charge in [-0.3, -0.25) is 9.36 Å². The van der Waals surface area contributed by atoms with Crippen LogP contribution in [0.25, 0.3) is 16.7 Å². The second-order valence-electron chi connectivity index (χ2n) is 4.85. The molecule has 3 rings (SSSR count). The van der Waals surface area contributed by atoms with Gasteiger partial charge < -0.3 is 4.74 Å². The number of benzene rings is 2. The van der Waals surface area contributed by atoms with Crippen LogP contribution in [0.15, 0.2) is 48.5 Å². The largest absolute Gasteiger partial charge is 0.450 e. The Morgan fingerprint density at radius 3 is 2.43 bits per heavy atom. The number of alkyl halides is 3. The van der Waals surface area contributed by atoms with Crippen LogP contribution in [0.4, 0.5) is 13.2 Å². The fourth-order valence-corrected chi connectivity index (χ4v) is 2.32. The van der Waals surface area contributed by atoms with E-state index >= 15 is 0 Å². The summed E-state index contributed by atoms with van der Waals surface area (Å²) in [4.78, 5) is 14.6. The molecule has 0 spiro atoms. The number of imidazole rings is 1. The Morgan fingerprint density at radius 1 is 1.13 bits per heavy atom. The number of rotatable bonds is 2. The van der Waals surface area contributed by atoms with E-state index in [1.54, 1.807) is 30.3 Å². The van der Waals surface area contributed by atoms with E-state index in [2.05, 4.69) is 4.98 Å². The third-order valence-corrected chi connectivity index (χ3v) is 3.16. The number of fused-ring (bicyclic) bond motifs is 1. The second-order valence-corrected chi connectivity index (χ2v) is 4.85. The molecule has 0 unspecified atom stereocenters. The van der Waals surface area contributed by atoms with Gasteiger partial charge in [-0.05, 0) is 24.3 Å². The number of nitrogens with zero attached hydrogens (tertiary/aromatic N) is 2. The molecule has 1 heterocycles. The summed E-state index contributed by atoms with van der Waals surface area (Å²) in [7, 11) is 0. The van der Waals surface area contributed by atoms with Crippen molar-refractivity contribution in [1.82, 2.24) is 9.55 Å². The maximum atomic E-state index is 13.3. The smallest absolute Gasteiger partial charge is 0.427 e. The summed E-state index contributed by atoms with van der Waals surface area (Å²) in [6.07, 6.45) is -4.61. The first-order chi connectivity index (χ1) is 10.9. The molecule has 4 nitrogen and oxygen atoms in total. The fraction of sp³-hybridized carbons (Fsp3) is 0.125. The molecule has 23 heavy (non-hydrogen) atoms. The standard InChI is InChI=1S/C16H11F3N2O2/c1-10(22)23-12-7-8-14-13(9-12)20-15(16(17,18)19)21(14)11-5-3-2-4-6-11/h2-9H,1H3. The number of carbonyl (C=O) groups excluding carboxylic acids is 1. The van der Waals surface area contributed by atoms with Crippen LogP contribution in [0, 0.1) is 0 Å². The molecule has 0 fully saturated rings. The Morgan fingerprint density at radius 2 is 1.83 bits per heavy atom. The van der Waals surface area contributed by atoms with Crippen LogP contribution in [0.1, 0.15) is 12.7 Å². The van der Waals surface area contributed by atoms with Crippen molar-refractivity contribution in [2.75, 3.05) is 0 Å². The van der Waals surface area contributed by atoms with Gasteiger partial charge in [0.15, 0.2) is 0 Å². The van der Waals surface area contributed by atoms with Gasteiger partial charge in [-0.2, -0.15) is 13.2 Å². The van der Waals surface area contributed by atoms with Crippen molar-refractivity contribution in [2.45, 2.75) is 13.1 Å². The number of hydrogen-bond acceptors (Lipinski definition) is 3. The van der Waals surface area contributed by atoms with Crippen LogP contribution in [0.5, 0.6) is 5.75 Å². The monoisotopic (exact) mass is 320 g/mol. The molecule has 0 saturated heterocycles. The van der Waals surface area contributed by atoms with Gasteiger partial charge >= 0.3 is 12.1 Å². The van der Waals surface area contributed by atoms with Gasteiger partial charge in [0.1, 0.15) is 5.75 Å². The molecule has 0 aliphatic rings. The lowest BCUT2D eigenvalue weighted by molar-refractivity contribution is -0.145. The van der Waals surface area contributed by atoms with E-state index < -0.39 is 18.0 Å². The van der Waals surface area contributed by atoms with Crippen molar-refractivity contribution in [3.63, 3.8) is 0 Å². The van der Waals surface area contributed by atoms with E-state index in [0.29, 0.717) is 5.69 Å². The number of carbonyl (C=O) groups is 1. The Bertz CT molecular complexity index is 870. The van der Waals surface area contributed by atoms with Crippen molar-refractivity contribution in [2.24, 2.45) is 0 Å².